The van der Waals surface area contributed by atoms with Gasteiger partial charge in [-0.2, -0.15) is 0 Å². The summed E-state index contributed by atoms with van der Waals surface area (Å²) in [5.74, 6) is 0. The molecular weight excluding hydrogens is 151 g/mol. The maximum Gasteiger partial charge on any atom is 0 e. The van der Waals surface area contributed by atoms with Gasteiger partial charge in [0.15, 0.2) is 0 Å². The molecule has 0 saturated heterocycles. The molecule has 6 heavy (non-hydrogen) atoms. The Morgan fingerprint density at radius 2 is 2.00 bits per heavy atom. The maximum atomic E-state index is 3.46. The minimum atomic E-state index is 0. The van der Waals surface area contributed by atoms with Crippen molar-refractivity contribution >= 4 is 0 Å². The summed E-state index contributed by atoms with van der Waals surface area (Å²) in [6.07, 6.45) is 5.58. The van der Waals surface area contributed by atoms with E-state index in [0.29, 0.717) is 0 Å². The Morgan fingerprint density at radius 1 is 1.50 bits per heavy atom. The summed E-state index contributed by atoms with van der Waals surface area (Å²) in [6.45, 7) is 5.42. The van der Waals surface area contributed by atoms with Crippen molar-refractivity contribution in [3.8, 4) is 0 Å². The Bertz CT molecular complexity index is 45.9. The van der Waals surface area contributed by atoms with Crippen LogP contribution >= 0.6 is 0 Å². The fourth-order valence-corrected chi connectivity index (χ4v) is 0.136. The molecule has 0 heterocycles. The first-order valence-electron chi connectivity index (χ1n) is 1.65. The zero-order chi connectivity index (χ0) is 4.12. The van der Waals surface area contributed by atoms with Crippen LogP contribution in [0.25, 0.3) is 0 Å². The van der Waals surface area contributed by atoms with Gasteiger partial charge in [0.1, 0.15) is 0 Å². The van der Waals surface area contributed by atoms with Gasteiger partial charge in [0.05, 0.1) is 0 Å². The molecule has 0 N–H and O–H groups in total. The third-order valence-corrected chi connectivity index (χ3v) is 0.329. The van der Waals surface area contributed by atoms with Gasteiger partial charge in [-0.25, -0.2) is 0 Å². The summed E-state index contributed by atoms with van der Waals surface area (Å²) < 4.78 is 0. The van der Waals surface area contributed by atoms with E-state index in [-0.39, 0.29) is 26.2 Å². The molecule has 0 radical (unpaired) electrons. The number of allylic oxidation sites excluding steroid dienone is 3. The molecule has 0 aliphatic rings. The summed E-state index contributed by atoms with van der Waals surface area (Å²) in [4.78, 5) is 0. The van der Waals surface area contributed by atoms with Crippen molar-refractivity contribution in [3.05, 3.63) is 24.8 Å². The van der Waals surface area contributed by atoms with Crippen molar-refractivity contribution in [1.29, 1.82) is 0 Å². The molecule has 0 aromatic carbocycles. The molecule has 0 fully saturated rings. The van der Waals surface area contributed by atoms with Gasteiger partial charge in [-0.1, -0.05) is 24.8 Å². The van der Waals surface area contributed by atoms with Crippen molar-refractivity contribution in [2.24, 2.45) is 0 Å². The van der Waals surface area contributed by atoms with Gasteiger partial charge in [0.25, 0.3) is 0 Å². The van der Waals surface area contributed by atoms with Crippen molar-refractivity contribution < 1.29 is 26.2 Å². The molecule has 0 atom stereocenters. The average Bonchev–Trinajstić information content (AvgIpc) is 1.41. The van der Waals surface area contributed by atoms with E-state index in [1.807, 2.05) is 19.1 Å². The first kappa shape index (κ1) is 9.61. The second-order valence-electron chi connectivity index (χ2n) is 0.761. The van der Waals surface area contributed by atoms with E-state index in [9.17, 15) is 0 Å². The van der Waals surface area contributed by atoms with Crippen LogP contribution in [0.15, 0.2) is 24.8 Å². The Hall–Kier alpha value is 0.363. The van der Waals surface area contributed by atoms with Gasteiger partial charge in [0.2, 0.25) is 0 Å². The quantitative estimate of drug-likeness (QED) is 0.511. The van der Waals surface area contributed by atoms with Crippen LogP contribution in [0.1, 0.15) is 6.92 Å². The maximum absolute atomic E-state index is 3.46. The van der Waals surface area contributed by atoms with Crippen molar-refractivity contribution in [2.75, 3.05) is 0 Å². The van der Waals surface area contributed by atoms with Gasteiger partial charge in [-0.15, -0.1) is 0 Å². The molecule has 0 unspecified atom stereocenters. The number of hydrogen-bond acceptors (Lipinski definition) is 0. The fourth-order valence-electron chi connectivity index (χ4n) is 0.136. The van der Waals surface area contributed by atoms with Crippen molar-refractivity contribution in [2.45, 2.75) is 6.92 Å². The average molecular weight is 159 g/mol. The summed E-state index contributed by atoms with van der Waals surface area (Å²) in [5, 5.41) is 0. The molecule has 0 aromatic heterocycles. The Labute approximate surface area is 58.1 Å². The van der Waals surface area contributed by atoms with Gasteiger partial charge >= 0.3 is 0 Å². The Balaban J connectivity index is 0. The standard InChI is InChI=1S/C5H8.Zr/c1-3-5-4-2;/h3-5H,1H2,2H3;. The van der Waals surface area contributed by atoms with Gasteiger partial charge in [-0.3, -0.25) is 0 Å². The van der Waals surface area contributed by atoms with Crippen LogP contribution in [0.2, 0.25) is 0 Å². The van der Waals surface area contributed by atoms with E-state index >= 15 is 0 Å². The van der Waals surface area contributed by atoms with Crippen LogP contribution in [0.3, 0.4) is 0 Å². The van der Waals surface area contributed by atoms with Crippen LogP contribution in [0.5, 0.6) is 0 Å². The Morgan fingerprint density at radius 3 is 2.00 bits per heavy atom. The molecule has 1 heteroatoms. The molecule has 0 aliphatic heterocycles. The van der Waals surface area contributed by atoms with E-state index in [0.717, 1.165) is 0 Å². The molecule has 0 nitrogen and oxygen atoms in total. The minimum absolute atomic E-state index is 0. The van der Waals surface area contributed by atoms with Gasteiger partial charge in [0, 0.05) is 26.2 Å². The van der Waals surface area contributed by atoms with E-state index in [4.69, 9.17) is 0 Å². The monoisotopic (exact) mass is 158 g/mol. The third-order valence-electron chi connectivity index (χ3n) is 0.329. The van der Waals surface area contributed by atoms with Crippen LogP contribution in [0.4, 0.5) is 0 Å². The van der Waals surface area contributed by atoms with Crippen LogP contribution in [0, 0.1) is 0 Å². The van der Waals surface area contributed by atoms with Crippen LogP contribution in [-0.2, 0) is 26.2 Å². The van der Waals surface area contributed by atoms with Crippen LogP contribution in [-0.4, -0.2) is 0 Å². The van der Waals surface area contributed by atoms with E-state index in [2.05, 4.69) is 6.58 Å². The summed E-state index contributed by atoms with van der Waals surface area (Å²) in [7, 11) is 0. The van der Waals surface area contributed by atoms with E-state index in [1.54, 1.807) is 6.08 Å². The molecule has 0 aromatic rings. The molecule has 0 amide bonds. The second kappa shape index (κ2) is 9.03. The number of rotatable bonds is 1. The predicted octanol–water partition coefficient (Wildman–Crippen LogP) is 1.75. The third kappa shape index (κ3) is 8.84. The second-order valence-corrected chi connectivity index (χ2v) is 0.761. The predicted molar refractivity (Wildman–Crippen MR) is 25.0 cm³/mol. The zero-order valence-corrected chi connectivity index (χ0v) is 6.40. The topological polar surface area (TPSA) is 0 Å². The zero-order valence-electron chi connectivity index (χ0n) is 3.94. The summed E-state index contributed by atoms with van der Waals surface area (Å²) in [6, 6.07) is 0. The molecule has 0 saturated carbocycles. The first-order valence-corrected chi connectivity index (χ1v) is 1.65. The largest absolute Gasteiger partial charge is 0.0991 e. The van der Waals surface area contributed by atoms with E-state index < -0.39 is 0 Å². The summed E-state index contributed by atoms with van der Waals surface area (Å²) >= 11 is 0. The van der Waals surface area contributed by atoms with E-state index in [1.165, 1.54) is 0 Å². The molecule has 0 bridgehead atoms. The smallest absolute Gasteiger partial charge is 0 e. The minimum Gasteiger partial charge on any atom is -0.0991 e. The van der Waals surface area contributed by atoms with Crippen LogP contribution < -0.4 is 0 Å². The van der Waals surface area contributed by atoms with Crippen molar-refractivity contribution in [3.63, 3.8) is 0 Å². The summed E-state index contributed by atoms with van der Waals surface area (Å²) in [5.41, 5.74) is 0. The number of hydrogen-bond donors (Lipinski definition) is 0. The Kier molecular flexibility index (Phi) is 14.5. The molecule has 32 valence electrons. The van der Waals surface area contributed by atoms with Crippen molar-refractivity contribution in [1.82, 2.24) is 0 Å². The van der Waals surface area contributed by atoms with Gasteiger partial charge in [-0.05, 0) is 6.92 Å². The molecule has 0 rings (SSSR count). The fraction of sp³-hybridized carbons (Fsp3) is 0.200. The van der Waals surface area contributed by atoms with Gasteiger partial charge < -0.3 is 0 Å². The first-order chi connectivity index (χ1) is 2.41. The molecule has 0 aliphatic carbocycles. The normalized spacial score (nSPS) is 7.50. The molecular formula is C5H8Zr. The SMILES string of the molecule is C=CC=CC.[Zr]. The molecule has 0 spiro atoms.